The molecule has 0 saturated heterocycles. The van der Waals surface area contributed by atoms with Gasteiger partial charge in [0, 0.05) is 6.54 Å². The fourth-order valence-corrected chi connectivity index (χ4v) is 1.33. The van der Waals surface area contributed by atoms with E-state index in [0.717, 1.165) is 12.2 Å². The van der Waals surface area contributed by atoms with Gasteiger partial charge in [-0.15, -0.1) is 0 Å². The van der Waals surface area contributed by atoms with Gasteiger partial charge in [0.2, 0.25) is 5.91 Å². The summed E-state index contributed by atoms with van der Waals surface area (Å²) in [6.07, 6.45) is 5.28. The van der Waals surface area contributed by atoms with E-state index < -0.39 is 0 Å². The van der Waals surface area contributed by atoms with Crippen molar-refractivity contribution in [2.45, 2.75) is 19.8 Å². The minimum absolute atomic E-state index is 0.0328. The van der Waals surface area contributed by atoms with Crippen LogP contribution in [0.5, 0.6) is 5.75 Å². The molecule has 0 aliphatic carbocycles. The second-order valence-electron chi connectivity index (χ2n) is 3.62. The predicted octanol–water partition coefficient (Wildman–Crippen LogP) is 2.54. The molecule has 0 heterocycles. The number of benzene rings is 1. The Morgan fingerprint density at radius 1 is 1.35 bits per heavy atom. The number of nitrogens with one attached hydrogen (secondary N) is 1. The van der Waals surface area contributed by atoms with Crippen molar-refractivity contribution in [3.8, 4) is 5.75 Å². The number of amides is 1. The molecule has 0 aliphatic heterocycles. The van der Waals surface area contributed by atoms with E-state index in [9.17, 15) is 4.79 Å². The standard InChI is InChI=1S/C14H19NO2/c1-2-3-7-11-15-14(16)10-12-17-13-8-5-4-6-9-13/h2-6,8-9H,7,10-12H2,1H3,(H,15,16)/b3-2+. The zero-order chi connectivity index (χ0) is 12.3. The molecule has 0 fully saturated rings. The number of ether oxygens (including phenoxy) is 1. The van der Waals surface area contributed by atoms with Gasteiger partial charge in [-0.2, -0.15) is 0 Å². The SMILES string of the molecule is C/C=C/CCNC(=O)CCOc1ccccc1. The van der Waals surface area contributed by atoms with Gasteiger partial charge < -0.3 is 10.1 Å². The summed E-state index contributed by atoms with van der Waals surface area (Å²) in [6, 6.07) is 9.51. The average molecular weight is 233 g/mol. The summed E-state index contributed by atoms with van der Waals surface area (Å²) in [5.74, 6) is 0.833. The van der Waals surface area contributed by atoms with Crippen molar-refractivity contribution in [3.63, 3.8) is 0 Å². The van der Waals surface area contributed by atoms with E-state index in [1.54, 1.807) is 0 Å². The highest BCUT2D eigenvalue weighted by Gasteiger charge is 2.00. The van der Waals surface area contributed by atoms with Crippen molar-refractivity contribution in [2.24, 2.45) is 0 Å². The number of carbonyl (C=O) groups is 1. The van der Waals surface area contributed by atoms with Crippen LogP contribution in [0.1, 0.15) is 19.8 Å². The van der Waals surface area contributed by atoms with Crippen LogP contribution in [0.15, 0.2) is 42.5 Å². The molecule has 17 heavy (non-hydrogen) atoms. The van der Waals surface area contributed by atoms with Gasteiger partial charge in [0.1, 0.15) is 5.75 Å². The number of allylic oxidation sites excluding steroid dienone is 1. The average Bonchev–Trinajstić information content (AvgIpc) is 2.36. The van der Waals surface area contributed by atoms with E-state index in [1.807, 2.05) is 49.4 Å². The van der Waals surface area contributed by atoms with Crippen molar-refractivity contribution in [1.29, 1.82) is 0 Å². The molecule has 92 valence electrons. The van der Waals surface area contributed by atoms with Crippen LogP contribution < -0.4 is 10.1 Å². The third-order valence-electron chi connectivity index (χ3n) is 2.21. The van der Waals surface area contributed by atoms with Crippen LogP contribution in [0.3, 0.4) is 0 Å². The maximum atomic E-state index is 11.4. The largest absolute Gasteiger partial charge is 0.493 e. The predicted molar refractivity (Wildman–Crippen MR) is 69.0 cm³/mol. The van der Waals surface area contributed by atoms with Crippen molar-refractivity contribution in [2.75, 3.05) is 13.2 Å². The van der Waals surface area contributed by atoms with E-state index >= 15 is 0 Å². The molecule has 0 aromatic heterocycles. The molecule has 1 amide bonds. The Hall–Kier alpha value is -1.77. The lowest BCUT2D eigenvalue weighted by Crippen LogP contribution is -2.25. The molecule has 1 aromatic rings. The van der Waals surface area contributed by atoms with Gasteiger partial charge in [-0.3, -0.25) is 4.79 Å². The second kappa shape index (κ2) is 8.39. The molecule has 0 aliphatic rings. The minimum atomic E-state index is 0.0328. The molecule has 1 aromatic carbocycles. The van der Waals surface area contributed by atoms with Crippen LogP contribution in [0.2, 0.25) is 0 Å². The Morgan fingerprint density at radius 2 is 2.12 bits per heavy atom. The summed E-state index contributed by atoms with van der Waals surface area (Å²) in [6.45, 7) is 3.07. The van der Waals surface area contributed by atoms with Gasteiger partial charge >= 0.3 is 0 Å². The summed E-state index contributed by atoms with van der Waals surface area (Å²) >= 11 is 0. The first kappa shape index (κ1) is 13.3. The van der Waals surface area contributed by atoms with Crippen LogP contribution in [0, 0.1) is 0 Å². The minimum Gasteiger partial charge on any atom is -0.493 e. The number of rotatable bonds is 7. The molecular formula is C14H19NO2. The Morgan fingerprint density at radius 3 is 2.82 bits per heavy atom. The first-order chi connectivity index (χ1) is 8.33. The fraction of sp³-hybridized carbons (Fsp3) is 0.357. The highest BCUT2D eigenvalue weighted by molar-refractivity contribution is 5.75. The molecule has 0 bridgehead atoms. The Bertz CT molecular complexity index is 346. The molecule has 1 rings (SSSR count). The highest BCUT2D eigenvalue weighted by Crippen LogP contribution is 2.08. The monoisotopic (exact) mass is 233 g/mol. The van der Waals surface area contributed by atoms with Gasteiger partial charge in [0.25, 0.3) is 0 Å². The van der Waals surface area contributed by atoms with E-state index in [0.29, 0.717) is 19.6 Å². The normalized spacial score (nSPS) is 10.4. The summed E-state index contributed by atoms with van der Waals surface area (Å²) < 4.78 is 5.43. The molecule has 0 atom stereocenters. The zero-order valence-corrected chi connectivity index (χ0v) is 10.2. The molecule has 3 nitrogen and oxygen atoms in total. The molecule has 0 unspecified atom stereocenters. The lowest BCUT2D eigenvalue weighted by molar-refractivity contribution is -0.121. The topological polar surface area (TPSA) is 38.3 Å². The summed E-state index contributed by atoms with van der Waals surface area (Å²) in [5, 5.41) is 2.83. The Balaban J connectivity index is 2.08. The first-order valence-corrected chi connectivity index (χ1v) is 5.88. The van der Waals surface area contributed by atoms with Gasteiger partial charge in [-0.05, 0) is 25.5 Å². The van der Waals surface area contributed by atoms with E-state index in [2.05, 4.69) is 5.32 Å². The lowest BCUT2D eigenvalue weighted by atomic mass is 10.3. The highest BCUT2D eigenvalue weighted by atomic mass is 16.5. The van der Waals surface area contributed by atoms with Gasteiger partial charge in [-0.25, -0.2) is 0 Å². The summed E-state index contributed by atoms with van der Waals surface area (Å²) in [7, 11) is 0. The van der Waals surface area contributed by atoms with Crippen molar-refractivity contribution in [3.05, 3.63) is 42.5 Å². The molecule has 0 spiro atoms. The van der Waals surface area contributed by atoms with Gasteiger partial charge in [-0.1, -0.05) is 30.4 Å². The van der Waals surface area contributed by atoms with E-state index in [1.165, 1.54) is 0 Å². The first-order valence-electron chi connectivity index (χ1n) is 5.88. The second-order valence-corrected chi connectivity index (χ2v) is 3.62. The smallest absolute Gasteiger partial charge is 0.223 e. The van der Waals surface area contributed by atoms with E-state index in [-0.39, 0.29) is 5.91 Å². The Kier molecular flexibility index (Phi) is 6.56. The number of carbonyl (C=O) groups excluding carboxylic acids is 1. The van der Waals surface area contributed by atoms with Crippen molar-refractivity contribution < 1.29 is 9.53 Å². The molecule has 3 heteroatoms. The number of hydrogen-bond acceptors (Lipinski definition) is 2. The van der Waals surface area contributed by atoms with Gasteiger partial charge in [0.15, 0.2) is 0 Å². The molecular weight excluding hydrogens is 214 g/mol. The quantitative estimate of drug-likeness (QED) is 0.580. The molecule has 0 radical (unpaired) electrons. The van der Waals surface area contributed by atoms with Gasteiger partial charge in [0.05, 0.1) is 13.0 Å². The van der Waals surface area contributed by atoms with Crippen LogP contribution >= 0.6 is 0 Å². The van der Waals surface area contributed by atoms with Crippen LogP contribution in [0.4, 0.5) is 0 Å². The number of hydrogen-bond donors (Lipinski definition) is 1. The fourth-order valence-electron chi connectivity index (χ4n) is 1.33. The Labute approximate surface area is 102 Å². The molecule has 1 N–H and O–H groups in total. The maximum Gasteiger partial charge on any atom is 0.223 e. The lowest BCUT2D eigenvalue weighted by Gasteiger charge is -2.06. The van der Waals surface area contributed by atoms with Crippen molar-refractivity contribution in [1.82, 2.24) is 5.32 Å². The van der Waals surface area contributed by atoms with Crippen molar-refractivity contribution >= 4 is 5.91 Å². The summed E-state index contributed by atoms with van der Waals surface area (Å²) in [5.41, 5.74) is 0. The van der Waals surface area contributed by atoms with Crippen LogP contribution in [-0.2, 0) is 4.79 Å². The summed E-state index contributed by atoms with van der Waals surface area (Å²) in [4.78, 5) is 11.4. The number of para-hydroxylation sites is 1. The third-order valence-corrected chi connectivity index (χ3v) is 2.21. The maximum absolute atomic E-state index is 11.4. The van der Waals surface area contributed by atoms with Crippen LogP contribution in [-0.4, -0.2) is 19.1 Å². The third kappa shape index (κ3) is 6.40. The zero-order valence-electron chi connectivity index (χ0n) is 10.2. The van der Waals surface area contributed by atoms with E-state index in [4.69, 9.17) is 4.74 Å². The van der Waals surface area contributed by atoms with Crippen LogP contribution in [0.25, 0.3) is 0 Å². The molecule has 0 saturated carbocycles.